The summed E-state index contributed by atoms with van der Waals surface area (Å²) in [5, 5.41) is 1.19. The summed E-state index contributed by atoms with van der Waals surface area (Å²) in [6.07, 6.45) is 1.24. The molecule has 0 spiro atoms. The summed E-state index contributed by atoms with van der Waals surface area (Å²) in [4.78, 5) is 45.3. The average Bonchev–Trinajstić information content (AvgIpc) is 2.47. The van der Waals surface area contributed by atoms with Crippen molar-refractivity contribution in [1.82, 2.24) is 10.0 Å². The molecule has 0 aliphatic rings. The third-order valence-electron chi connectivity index (χ3n) is 2.71. The van der Waals surface area contributed by atoms with Crippen molar-refractivity contribution in [2.75, 3.05) is 0 Å². The summed E-state index contributed by atoms with van der Waals surface area (Å²) in [6, 6.07) is 0. The number of hydrogen-bond donors (Lipinski definition) is 2. The molecule has 0 unspecified atom stereocenters. The molecule has 8 nitrogen and oxygen atoms in total. The van der Waals surface area contributed by atoms with Gasteiger partial charge in [0.2, 0.25) is 23.6 Å². The number of unbranched alkanes of at least 4 members (excludes halogenated alkanes) is 1. The Labute approximate surface area is 118 Å². The van der Waals surface area contributed by atoms with Gasteiger partial charge in [-0.15, -0.1) is 0 Å². The lowest BCUT2D eigenvalue weighted by Gasteiger charge is -2.14. The third kappa shape index (κ3) is 5.89. The Balaban J connectivity index is 3.97. The highest BCUT2D eigenvalue weighted by Crippen LogP contribution is 2.04. The van der Waals surface area contributed by atoms with Crippen LogP contribution in [0.2, 0.25) is 0 Å². The highest BCUT2D eigenvalue weighted by atomic mass is 16.2. The first-order valence-corrected chi connectivity index (χ1v) is 6.56. The second-order valence-corrected chi connectivity index (χ2v) is 4.23. The van der Waals surface area contributed by atoms with Gasteiger partial charge in [0.15, 0.2) is 0 Å². The highest BCUT2D eigenvalue weighted by Gasteiger charge is 2.17. The van der Waals surface area contributed by atoms with E-state index in [0.717, 1.165) is 0 Å². The van der Waals surface area contributed by atoms with Gasteiger partial charge in [-0.3, -0.25) is 19.2 Å². The van der Waals surface area contributed by atoms with E-state index in [-0.39, 0.29) is 25.7 Å². The number of nitrogens with zero attached hydrogens (tertiary/aromatic N) is 2. The van der Waals surface area contributed by atoms with Crippen LogP contribution in [0, 0.1) is 0 Å². The van der Waals surface area contributed by atoms with Gasteiger partial charge in [0.05, 0.1) is 0 Å². The minimum absolute atomic E-state index is 0.0712. The van der Waals surface area contributed by atoms with Crippen LogP contribution in [0.15, 0.2) is 0 Å². The molecule has 0 radical (unpaired) electrons. The Kier molecular flexibility index (Phi) is 8.33. The second kappa shape index (κ2) is 9.16. The molecule has 0 rings (SSSR count). The van der Waals surface area contributed by atoms with Crippen molar-refractivity contribution in [2.45, 2.75) is 52.4 Å². The summed E-state index contributed by atoms with van der Waals surface area (Å²) in [6.45, 7) is 3.21. The molecule has 0 aromatic rings. The zero-order valence-corrected chi connectivity index (χ0v) is 11.9. The number of amides is 4. The molecule has 0 saturated heterocycles. The van der Waals surface area contributed by atoms with Crippen LogP contribution >= 0.6 is 0 Å². The molecule has 0 saturated carbocycles. The molecule has 0 aromatic heterocycles. The van der Waals surface area contributed by atoms with E-state index < -0.39 is 23.6 Å². The van der Waals surface area contributed by atoms with E-state index in [9.17, 15) is 19.2 Å². The Morgan fingerprint density at radius 2 is 1.00 bits per heavy atom. The van der Waals surface area contributed by atoms with E-state index in [2.05, 4.69) is 0 Å². The molecule has 0 aliphatic heterocycles. The normalized spacial score (nSPS) is 10.0. The van der Waals surface area contributed by atoms with Gasteiger partial charge >= 0.3 is 0 Å². The molecule has 114 valence electrons. The maximum absolute atomic E-state index is 11.5. The third-order valence-corrected chi connectivity index (χ3v) is 2.71. The van der Waals surface area contributed by atoms with E-state index in [4.69, 9.17) is 11.7 Å². The fourth-order valence-electron chi connectivity index (χ4n) is 1.41. The summed E-state index contributed by atoms with van der Waals surface area (Å²) >= 11 is 0. The van der Waals surface area contributed by atoms with Crippen LogP contribution in [-0.4, -0.2) is 33.6 Å². The quantitative estimate of drug-likeness (QED) is 0.289. The molecule has 8 heteroatoms. The predicted molar refractivity (Wildman–Crippen MR) is 71.1 cm³/mol. The summed E-state index contributed by atoms with van der Waals surface area (Å²) in [7, 11) is 0. The minimum Gasteiger partial charge on any atom is -0.273 e. The van der Waals surface area contributed by atoms with E-state index in [1.54, 1.807) is 13.8 Å². The van der Waals surface area contributed by atoms with Crippen LogP contribution in [0.5, 0.6) is 0 Å². The molecule has 0 bridgehead atoms. The number of rotatable bonds is 7. The molecule has 0 heterocycles. The lowest BCUT2D eigenvalue weighted by molar-refractivity contribution is -0.147. The van der Waals surface area contributed by atoms with Gasteiger partial charge in [-0.1, -0.05) is 13.8 Å². The van der Waals surface area contributed by atoms with Gasteiger partial charge in [-0.05, 0) is 12.8 Å². The van der Waals surface area contributed by atoms with E-state index in [0.29, 0.717) is 22.9 Å². The highest BCUT2D eigenvalue weighted by molar-refractivity contribution is 5.95. The maximum atomic E-state index is 11.5. The Bertz CT molecular complexity index is 348. The van der Waals surface area contributed by atoms with Gasteiger partial charge in [0, 0.05) is 25.7 Å². The maximum Gasteiger partial charge on any atom is 0.243 e. The number of hydrogen-bond acceptors (Lipinski definition) is 6. The topological polar surface area (TPSA) is 127 Å². The van der Waals surface area contributed by atoms with Crippen molar-refractivity contribution in [1.29, 1.82) is 0 Å². The molecule has 20 heavy (non-hydrogen) atoms. The lowest BCUT2D eigenvalue weighted by atomic mass is 10.1. The number of hydrazine groups is 2. The number of carbonyl (C=O) groups excluding carboxylic acids is 4. The van der Waals surface area contributed by atoms with Gasteiger partial charge < -0.3 is 0 Å². The largest absolute Gasteiger partial charge is 0.273 e. The Morgan fingerprint density at radius 1 is 0.700 bits per heavy atom. The number of carbonyl (C=O) groups is 4. The van der Waals surface area contributed by atoms with Crippen molar-refractivity contribution in [3.05, 3.63) is 0 Å². The van der Waals surface area contributed by atoms with Crippen molar-refractivity contribution >= 4 is 23.6 Å². The summed E-state index contributed by atoms with van der Waals surface area (Å²) in [5.74, 6) is 8.75. The van der Waals surface area contributed by atoms with Crippen molar-refractivity contribution in [3.8, 4) is 0 Å². The van der Waals surface area contributed by atoms with Gasteiger partial charge in [0.1, 0.15) is 0 Å². The number of imide groups is 2. The van der Waals surface area contributed by atoms with Crippen LogP contribution in [0.1, 0.15) is 52.4 Å². The first-order chi connectivity index (χ1) is 9.34. The molecule has 0 aliphatic carbocycles. The number of nitrogens with two attached hydrogens (primary N) is 2. The first-order valence-electron chi connectivity index (χ1n) is 6.56. The van der Waals surface area contributed by atoms with Crippen LogP contribution in [0.25, 0.3) is 0 Å². The lowest BCUT2D eigenvalue weighted by Crippen LogP contribution is -2.42. The standard InChI is InChI=1S/C12H22N4O4/c1-3-9(17)15(13)11(19)7-5-6-8-12(20)16(14)10(18)4-2/h3-8,13-14H2,1-2H3. The SMILES string of the molecule is CCC(=O)N(N)C(=O)CCCCC(=O)N(N)C(=O)CC. The zero-order valence-electron chi connectivity index (χ0n) is 11.9. The first kappa shape index (κ1) is 18.2. The fraction of sp³-hybridized carbons (Fsp3) is 0.667. The van der Waals surface area contributed by atoms with Crippen LogP contribution < -0.4 is 11.7 Å². The van der Waals surface area contributed by atoms with E-state index >= 15 is 0 Å². The van der Waals surface area contributed by atoms with Gasteiger partial charge in [-0.2, -0.15) is 0 Å². The molecular formula is C12H22N4O4. The van der Waals surface area contributed by atoms with Crippen LogP contribution in [0.4, 0.5) is 0 Å². The predicted octanol–water partition coefficient (Wildman–Crippen LogP) is -0.175. The average molecular weight is 286 g/mol. The summed E-state index contributed by atoms with van der Waals surface area (Å²) in [5.41, 5.74) is 0. The smallest absolute Gasteiger partial charge is 0.243 e. The van der Waals surface area contributed by atoms with Crippen LogP contribution in [0.3, 0.4) is 0 Å². The Hall–Kier alpha value is -1.80. The molecule has 0 fully saturated rings. The summed E-state index contributed by atoms with van der Waals surface area (Å²) < 4.78 is 0. The zero-order chi connectivity index (χ0) is 15.7. The van der Waals surface area contributed by atoms with Crippen molar-refractivity contribution < 1.29 is 19.2 Å². The molecular weight excluding hydrogens is 264 g/mol. The monoisotopic (exact) mass is 286 g/mol. The van der Waals surface area contributed by atoms with Crippen molar-refractivity contribution in [3.63, 3.8) is 0 Å². The van der Waals surface area contributed by atoms with E-state index in [1.807, 2.05) is 0 Å². The van der Waals surface area contributed by atoms with Crippen molar-refractivity contribution in [2.24, 2.45) is 11.7 Å². The van der Waals surface area contributed by atoms with Gasteiger partial charge in [0.25, 0.3) is 0 Å². The van der Waals surface area contributed by atoms with E-state index in [1.165, 1.54) is 0 Å². The second-order valence-electron chi connectivity index (χ2n) is 4.23. The molecule has 4 amide bonds. The molecule has 4 N–H and O–H groups in total. The molecule has 0 atom stereocenters. The Morgan fingerprint density at radius 3 is 1.25 bits per heavy atom. The fourth-order valence-corrected chi connectivity index (χ4v) is 1.41. The molecule has 0 aromatic carbocycles. The van der Waals surface area contributed by atoms with Gasteiger partial charge in [-0.25, -0.2) is 21.7 Å². The minimum atomic E-state index is -0.487. The van der Waals surface area contributed by atoms with Crippen LogP contribution in [-0.2, 0) is 19.2 Å².